The first-order valence-electron chi connectivity index (χ1n) is 9.29. The summed E-state index contributed by atoms with van der Waals surface area (Å²) in [7, 11) is 0. The van der Waals surface area contributed by atoms with Crippen LogP contribution in [-0.2, 0) is 4.79 Å². The Balaban J connectivity index is 1.66. The number of alkyl halides is 2. The van der Waals surface area contributed by atoms with Gasteiger partial charge in [0.25, 0.3) is 0 Å². The van der Waals surface area contributed by atoms with Crippen LogP contribution in [0.5, 0.6) is 0 Å². The fraction of sp³-hybridized carbons (Fsp3) is 0.947. The van der Waals surface area contributed by atoms with Gasteiger partial charge in [-0.15, -0.1) is 0 Å². The van der Waals surface area contributed by atoms with Gasteiger partial charge in [-0.2, -0.15) is 8.78 Å². The summed E-state index contributed by atoms with van der Waals surface area (Å²) >= 11 is 0. The summed E-state index contributed by atoms with van der Waals surface area (Å²) in [5, 5.41) is 10.0. The molecule has 130 valence electrons. The Labute approximate surface area is 137 Å². The van der Waals surface area contributed by atoms with Crippen molar-refractivity contribution in [2.45, 2.75) is 77.2 Å². The Bertz CT molecular complexity index is 533. The number of carbonyl (C=O) groups is 1. The molecule has 0 aliphatic heterocycles. The summed E-state index contributed by atoms with van der Waals surface area (Å²) < 4.78 is 28.3. The van der Waals surface area contributed by atoms with E-state index in [1.807, 2.05) is 0 Å². The molecule has 4 saturated carbocycles. The fourth-order valence-electron chi connectivity index (χ4n) is 7.00. The van der Waals surface area contributed by atoms with E-state index in [1.54, 1.807) is 6.92 Å². The highest BCUT2D eigenvalue weighted by Gasteiger charge is 2.67. The molecule has 0 aromatic heterocycles. The van der Waals surface area contributed by atoms with Crippen molar-refractivity contribution in [3.8, 4) is 0 Å². The molecule has 0 aromatic rings. The van der Waals surface area contributed by atoms with Crippen LogP contribution < -0.4 is 0 Å². The molecule has 0 saturated heterocycles. The summed E-state index contributed by atoms with van der Waals surface area (Å²) in [5.74, 6) is -2.81. The van der Waals surface area contributed by atoms with Crippen LogP contribution in [0.1, 0.15) is 65.2 Å². The number of Topliss-reactive ketones (excluding diaryl/α,β-unsaturated/α-hetero) is 1. The molecule has 0 unspecified atom stereocenters. The zero-order valence-corrected chi connectivity index (χ0v) is 14.2. The average molecular weight is 326 g/mol. The minimum absolute atomic E-state index is 0.145. The molecule has 4 heteroatoms. The molecule has 4 fully saturated rings. The number of aliphatic hydroxyl groups excluding tert-OH is 1. The van der Waals surface area contributed by atoms with Crippen molar-refractivity contribution < 1.29 is 18.7 Å². The van der Waals surface area contributed by atoms with Gasteiger partial charge >= 0.3 is 5.92 Å². The molecule has 0 amide bonds. The van der Waals surface area contributed by atoms with Gasteiger partial charge in [0, 0.05) is 11.8 Å². The van der Waals surface area contributed by atoms with Gasteiger partial charge in [-0.3, -0.25) is 4.79 Å². The summed E-state index contributed by atoms with van der Waals surface area (Å²) in [5.41, 5.74) is -0.632. The minimum atomic E-state index is -3.12. The largest absolute Gasteiger partial charge is 0.393 e. The molecule has 4 rings (SSSR count). The Morgan fingerprint density at radius 1 is 1.04 bits per heavy atom. The van der Waals surface area contributed by atoms with Gasteiger partial charge in [-0.25, -0.2) is 0 Å². The summed E-state index contributed by atoms with van der Waals surface area (Å²) in [6, 6.07) is 0. The van der Waals surface area contributed by atoms with E-state index in [4.69, 9.17) is 0 Å². The third kappa shape index (κ3) is 2.03. The van der Waals surface area contributed by atoms with Crippen LogP contribution in [0.4, 0.5) is 8.78 Å². The van der Waals surface area contributed by atoms with Gasteiger partial charge in [-0.1, -0.05) is 13.8 Å². The molecule has 1 N–H and O–H groups in total. The molecule has 0 bridgehead atoms. The van der Waals surface area contributed by atoms with E-state index in [9.17, 15) is 18.7 Å². The number of rotatable bonds is 0. The maximum Gasteiger partial charge on any atom is 0.306 e. The predicted octanol–water partition coefficient (Wildman–Crippen LogP) is 4.20. The van der Waals surface area contributed by atoms with Crippen LogP contribution >= 0.6 is 0 Å². The lowest BCUT2D eigenvalue weighted by Crippen LogP contribution is -2.54. The topological polar surface area (TPSA) is 37.3 Å². The monoisotopic (exact) mass is 326 g/mol. The number of hydrogen-bond acceptors (Lipinski definition) is 2. The summed E-state index contributed by atoms with van der Waals surface area (Å²) in [6.07, 6.45) is 5.82. The van der Waals surface area contributed by atoms with Gasteiger partial charge in [-0.05, 0) is 74.0 Å². The second-order valence-corrected chi connectivity index (χ2v) is 9.28. The predicted molar refractivity (Wildman–Crippen MR) is 83.1 cm³/mol. The van der Waals surface area contributed by atoms with Crippen molar-refractivity contribution in [2.75, 3.05) is 0 Å². The fourth-order valence-corrected chi connectivity index (χ4v) is 7.00. The third-order valence-corrected chi connectivity index (χ3v) is 8.35. The standard InChI is InChI=1S/C19H28F2O2/c1-17-7-5-12(22)9-11(17)3-4-13-14(17)6-8-18(2)15(13)10-19(20,21)16(18)23/h11-15,22H,3-10H2,1-2H3/t11-,12+,13+,14-,15-,17-,18-/m0/s1. The van der Waals surface area contributed by atoms with Crippen LogP contribution in [-0.4, -0.2) is 22.9 Å². The Morgan fingerprint density at radius 2 is 1.78 bits per heavy atom. The first kappa shape index (κ1) is 16.0. The maximum absolute atomic E-state index is 14.1. The SMILES string of the molecule is C[C@]12CC[C@@H](O)C[C@@H]1CC[C@@H]1[C@@H]2CC[C@]2(C)C(=O)C(F)(F)C[C@@H]12. The molecule has 7 atom stereocenters. The van der Waals surface area contributed by atoms with E-state index in [2.05, 4.69) is 6.92 Å². The van der Waals surface area contributed by atoms with Gasteiger partial charge < -0.3 is 5.11 Å². The van der Waals surface area contributed by atoms with E-state index in [0.717, 1.165) is 38.5 Å². The lowest BCUT2D eigenvalue weighted by Gasteiger charge is -2.59. The van der Waals surface area contributed by atoms with Crippen molar-refractivity contribution in [1.82, 2.24) is 0 Å². The number of fused-ring (bicyclic) bond motifs is 5. The number of carbonyl (C=O) groups excluding carboxylic acids is 1. The molecule has 2 nitrogen and oxygen atoms in total. The summed E-state index contributed by atoms with van der Waals surface area (Å²) in [4.78, 5) is 12.3. The van der Waals surface area contributed by atoms with Crippen molar-refractivity contribution in [3.05, 3.63) is 0 Å². The third-order valence-electron chi connectivity index (χ3n) is 8.35. The second-order valence-electron chi connectivity index (χ2n) is 9.28. The quantitative estimate of drug-likeness (QED) is 0.724. The van der Waals surface area contributed by atoms with Gasteiger partial charge in [0.1, 0.15) is 0 Å². The van der Waals surface area contributed by atoms with E-state index in [-0.39, 0.29) is 29.8 Å². The first-order chi connectivity index (χ1) is 10.7. The normalized spacial score (nSPS) is 55.0. The molecule has 23 heavy (non-hydrogen) atoms. The smallest absolute Gasteiger partial charge is 0.306 e. The lowest BCUT2D eigenvalue weighted by molar-refractivity contribution is -0.150. The zero-order valence-electron chi connectivity index (χ0n) is 14.2. The maximum atomic E-state index is 14.1. The molecule has 4 aliphatic carbocycles. The van der Waals surface area contributed by atoms with Crippen LogP contribution in [0.3, 0.4) is 0 Å². The van der Waals surface area contributed by atoms with Crippen LogP contribution in [0.25, 0.3) is 0 Å². The number of hydrogen-bond donors (Lipinski definition) is 1. The van der Waals surface area contributed by atoms with E-state index >= 15 is 0 Å². The highest BCUT2D eigenvalue weighted by atomic mass is 19.3. The number of ketones is 1. The van der Waals surface area contributed by atoms with Gasteiger partial charge in [0.05, 0.1) is 6.10 Å². The van der Waals surface area contributed by atoms with E-state index < -0.39 is 17.1 Å². The zero-order chi connectivity index (χ0) is 16.6. The highest BCUT2D eigenvalue weighted by molar-refractivity contribution is 5.93. The van der Waals surface area contributed by atoms with Crippen molar-refractivity contribution in [3.63, 3.8) is 0 Å². The van der Waals surface area contributed by atoms with Crippen LogP contribution in [0.15, 0.2) is 0 Å². The molecular formula is C19H28F2O2. The van der Waals surface area contributed by atoms with Crippen molar-refractivity contribution in [1.29, 1.82) is 0 Å². The molecule has 0 aromatic carbocycles. The lowest BCUT2D eigenvalue weighted by atomic mass is 9.45. The molecule has 0 spiro atoms. The average Bonchev–Trinajstić information content (AvgIpc) is 2.68. The Morgan fingerprint density at radius 3 is 2.52 bits per heavy atom. The minimum Gasteiger partial charge on any atom is -0.393 e. The highest BCUT2D eigenvalue weighted by Crippen LogP contribution is 2.67. The Kier molecular flexibility index (Phi) is 3.32. The van der Waals surface area contributed by atoms with Crippen LogP contribution in [0.2, 0.25) is 0 Å². The van der Waals surface area contributed by atoms with E-state index in [0.29, 0.717) is 18.3 Å². The molecule has 0 heterocycles. The van der Waals surface area contributed by atoms with Gasteiger partial charge in [0.15, 0.2) is 0 Å². The van der Waals surface area contributed by atoms with Crippen LogP contribution in [0, 0.1) is 34.5 Å². The number of aliphatic hydroxyl groups is 1. The molecular weight excluding hydrogens is 298 g/mol. The summed E-state index contributed by atoms with van der Waals surface area (Å²) in [6.45, 7) is 4.13. The van der Waals surface area contributed by atoms with Crippen molar-refractivity contribution >= 4 is 5.78 Å². The molecule has 4 aliphatic rings. The Hall–Kier alpha value is -0.510. The van der Waals surface area contributed by atoms with Crippen molar-refractivity contribution in [2.24, 2.45) is 34.5 Å². The van der Waals surface area contributed by atoms with Gasteiger partial charge in [0.2, 0.25) is 5.78 Å². The molecule has 0 radical (unpaired) electrons. The first-order valence-corrected chi connectivity index (χ1v) is 9.29. The second kappa shape index (κ2) is 4.77. The number of halogens is 2. The van der Waals surface area contributed by atoms with E-state index in [1.165, 1.54) is 0 Å².